The number of benzene rings is 2. The van der Waals surface area contributed by atoms with Crippen molar-refractivity contribution in [2.45, 2.75) is 32.3 Å². The molecule has 0 aliphatic rings. The second-order valence-electron chi connectivity index (χ2n) is 7.06. The van der Waals surface area contributed by atoms with E-state index >= 15 is 0 Å². The summed E-state index contributed by atoms with van der Waals surface area (Å²) in [5.74, 6) is 0.0241. The molecule has 1 N–H and O–H groups in total. The number of rotatable bonds is 8. The smallest absolute Gasteiger partial charge is 0.306 e. The molecule has 0 aliphatic carbocycles. The average Bonchev–Trinajstić information content (AvgIpc) is 2.62. The lowest BCUT2D eigenvalue weighted by Crippen LogP contribution is -3.06. The first-order chi connectivity index (χ1) is 12.0. The summed E-state index contributed by atoms with van der Waals surface area (Å²) in [5.41, 5.74) is 1.58. The zero-order chi connectivity index (χ0) is 18.3. The minimum absolute atomic E-state index is 0.152. The summed E-state index contributed by atoms with van der Waals surface area (Å²) in [6.45, 7) is 4.95. The Morgan fingerprint density at radius 3 is 2.12 bits per heavy atom. The van der Waals surface area contributed by atoms with Crippen LogP contribution in [0.3, 0.4) is 0 Å². The minimum atomic E-state index is -0.660. The molecule has 0 fully saturated rings. The van der Waals surface area contributed by atoms with Gasteiger partial charge >= 0.3 is 5.97 Å². The molecule has 0 heterocycles. The van der Waals surface area contributed by atoms with E-state index in [1.165, 1.54) is 10.5 Å². The Labute approximate surface area is 151 Å². The van der Waals surface area contributed by atoms with Crippen LogP contribution in [-0.2, 0) is 21.6 Å². The molecule has 2 atom stereocenters. The molecule has 25 heavy (non-hydrogen) atoms. The maximum Gasteiger partial charge on any atom is 0.306 e. The Balaban J connectivity index is 2.53. The van der Waals surface area contributed by atoms with Gasteiger partial charge in [-0.25, -0.2) is 0 Å². The van der Waals surface area contributed by atoms with E-state index in [-0.39, 0.29) is 11.9 Å². The number of esters is 1. The molecule has 2 rings (SSSR count). The monoisotopic (exact) mass is 340 g/mol. The number of hydrogen-bond donors (Lipinski definition) is 1. The SMILES string of the molecule is CCC(=O)O[C@](Cc1ccccc1)(c1ccccc1)[C@H](C)C[NH+](C)C. The molecular formula is C22H30NO2+. The maximum atomic E-state index is 12.4. The van der Waals surface area contributed by atoms with Gasteiger partial charge < -0.3 is 9.64 Å². The van der Waals surface area contributed by atoms with Crippen molar-refractivity contribution in [1.82, 2.24) is 0 Å². The third-order valence-electron chi connectivity index (χ3n) is 4.67. The van der Waals surface area contributed by atoms with Crippen molar-refractivity contribution >= 4 is 5.97 Å². The summed E-state index contributed by atoms with van der Waals surface area (Å²) in [6.07, 6.45) is 1.06. The normalized spacial score (nSPS) is 14.8. The third-order valence-corrected chi connectivity index (χ3v) is 4.67. The molecule has 0 spiro atoms. The number of carbonyl (C=O) groups excluding carboxylic acids is 1. The fourth-order valence-electron chi connectivity index (χ4n) is 3.43. The first kappa shape index (κ1) is 19.2. The summed E-state index contributed by atoms with van der Waals surface area (Å²) in [4.78, 5) is 13.7. The molecule has 0 amide bonds. The predicted octanol–water partition coefficient (Wildman–Crippen LogP) is 2.86. The standard InChI is InChI=1S/C22H29NO2/c1-5-21(24)25-22(18(2)17-23(3)4,20-14-10-7-11-15-20)16-19-12-8-6-9-13-19/h6-15,18H,5,16-17H2,1-4H3/p+1/t18-,22+/m1/s1. The Hall–Kier alpha value is -2.13. The van der Waals surface area contributed by atoms with Crippen LogP contribution >= 0.6 is 0 Å². The van der Waals surface area contributed by atoms with Gasteiger partial charge in [-0.1, -0.05) is 74.5 Å². The van der Waals surface area contributed by atoms with Crippen LogP contribution in [0.4, 0.5) is 0 Å². The van der Waals surface area contributed by atoms with Gasteiger partial charge in [-0.15, -0.1) is 0 Å². The van der Waals surface area contributed by atoms with E-state index in [0.717, 1.165) is 12.1 Å². The summed E-state index contributed by atoms with van der Waals surface area (Å²) in [5, 5.41) is 0. The zero-order valence-electron chi connectivity index (χ0n) is 15.8. The summed E-state index contributed by atoms with van der Waals surface area (Å²) in [7, 11) is 4.27. The molecule has 0 bridgehead atoms. The van der Waals surface area contributed by atoms with E-state index in [1.807, 2.05) is 43.3 Å². The number of carbonyl (C=O) groups is 1. The lowest BCUT2D eigenvalue weighted by Gasteiger charge is -2.39. The lowest BCUT2D eigenvalue weighted by molar-refractivity contribution is -0.863. The van der Waals surface area contributed by atoms with Crippen molar-refractivity contribution in [3.8, 4) is 0 Å². The van der Waals surface area contributed by atoms with Crippen molar-refractivity contribution in [3.63, 3.8) is 0 Å². The van der Waals surface area contributed by atoms with E-state index in [9.17, 15) is 4.79 Å². The molecule has 0 aromatic heterocycles. The molecule has 0 radical (unpaired) electrons. The zero-order valence-corrected chi connectivity index (χ0v) is 15.8. The van der Waals surface area contributed by atoms with Crippen LogP contribution in [0.1, 0.15) is 31.4 Å². The Kier molecular flexibility index (Phi) is 6.77. The summed E-state index contributed by atoms with van der Waals surface area (Å²) in [6, 6.07) is 20.5. The molecule has 3 nitrogen and oxygen atoms in total. The molecular weight excluding hydrogens is 310 g/mol. The highest BCUT2D eigenvalue weighted by Crippen LogP contribution is 2.37. The van der Waals surface area contributed by atoms with Gasteiger partial charge in [0.15, 0.2) is 0 Å². The minimum Gasteiger partial charge on any atom is -0.453 e. The Morgan fingerprint density at radius 2 is 1.60 bits per heavy atom. The first-order valence-electron chi connectivity index (χ1n) is 9.08. The Bertz CT molecular complexity index is 654. The second-order valence-corrected chi connectivity index (χ2v) is 7.06. The van der Waals surface area contributed by atoms with Gasteiger partial charge in [0, 0.05) is 18.8 Å². The van der Waals surface area contributed by atoms with Crippen molar-refractivity contribution in [2.75, 3.05) is 20.6 Å². The van der Waals surface area contributed by atoms with Crippen molar-refractivity contribution in [2.24, 2.45) is 5.92 Å². The molecule has 2 aromatic rings. The largest absolute Gasteiger partial charge is 0.453 e. The second kappa shape index (κ2) is 8.82. The van der Waals surface area contributed by atoms with Crippen LogP contribution < -0.4 is 4.90 Å². The maximum absolute atomic E-state index is 12.4. The van der Waals surface area contributed by atoms with E-state index in [1.54, 1.807) is 0 Å². The topological polar surface area (TPSA) is 30.7 Å². The number of quaternary nitrogens is 1. The van der Waals surface area contributed by atoms with Crippen LogP contribution in [-0.4, -0.2) is 26.6 Å². The highest BCUT2D eigenvalue weighted by Gasteiger charge is 2.43. The Morgan fingerprint density at radius 1 is 1.04 bits per heavy atom. The van der Waals surface area contributed by atoms with Crippen LogP contribution in [0.15, 0.2) is 60.7 Å². The highest BCUT2D eigenvalue weighted by molar-refractivity contribution is 5.69. The van der Waals surface area contributed by atoms with Crippen LogP contribution in [0.2, 0.25) is 0 Å². The van der Waals surface area contributed by atoms with E-state index in [4.69, 9.17) is 4.74 Å². The first-order valence-corrected chi connectivity index (χ1v) is 9.08. The van der Waals surface area contributed by atoms with Crippen LogP contribution in [0.25, 0.3) is 0 Å². The molecule has 0 saturated carbocycles. The van der Waals surface area contributed by atoms with Gasteiger partial charge in [-0.3, -0.25) is 4.79 Å². The number of hydrogen-bond acceptors (Lipinski definition) is 2. The van der Waals surface area contributed by atoms with Gasteiger partial charge in [0.05, 0.1) is 20.6 Å². The highest BCUT2D eigenvalue weighted by atomic mass is 16.6. The molecule has 134 valence electrons. The van der Waals surface area contributed by atoms with Gasteiger partial charge in [0.25, 0.3) is 0 Å². The molecule has 2 aromatic carbocycles. The van der Waals surface area contributed by atoms with Crippen LogP contribution in [0.5, 0.6) is 0 Å². The van der Waals surface area contributed by atoms with E-state index in [0.29, 0.717) is 12.8 Å². The van der Waals surface area contributed by atoms with Crippen LogP contribution in [0, 0.1) is 5.92 Å². The van der Waals surface area contributed by atoms with Gasteiger partial charge in [-0.2, -0.15) is 0 Å². The van der Waals surface area contributed by atoms with E-state index in [2.05, 4.69) is 45.3 Å². The molecule has 0 unspecified atom stereocenters. The molecule has 0 aliphatic heterocycles. The summed E-state index contributed by atoms with van der Waals surface area (Å²) >= 11 is 0. The van der Waals surface area contributed by atoms with Crippen molar-refractivity contribution in [1.29, 1.82) is 0 Å². The van der Waals surface area contributed by atoms with E-state index < -0.39 is 5.60 Å². The molecule has 3 heteroatoms. The third kappa shape index (κ3) is 4.93. The number of nitrogens with one attached hydrogen (secondary N) is 1. The number of ether oxygens (including phenoxy) is 1. The van der Waals surface area contributed by atoms with Gasteiger partial charge in [-0.05, 0) is 11.1 Å². The average molecular weight is 340 g/mol. The predicted molar refractivity (Wildman–Crippen MR) is 101 cm³/mol. The van der Waals surface area contributed by atoms with Gasteiger partial charge in [0.1, 0.15) is 5.60 Å². The quantitative estimate of drug-likeness (QED) is 0.749. The fourth-order valence-corrected chi connectivity index (χ4v) is 3.43. The van der Waals surface area contributed by atoms with Crippen molar-refractivity contribution < 1.29 is 14.4 Å². The fraction of sp³-hybridized carbons (Fsp3) is 0.409. The lowest BCUT2D eigenvalue weighted by atomic mass is 9.77. The summed E-state index contributed by atoms with van der Waals surface area (Å²) < 4.78 is 6.19. The van der Waals surface area contributed by atoms with Gasteiger partial charge in [0.2, 0.25) is 0 Å². The van der Waals surface area contributed by atoms with Crippen molar-refractivity contribution in [3.05, 3.63) is 71.8 Å². The molecule has 0 saturated heterocycles.